The molecule has 0 unspecified atom stereocenters. The lowest BCUT2D eigenvalue weighted by atomic mass is 10.1. The summed E-state index contributed by atoms with van der Waals surface area (Å²) in [6.45, 7) is 3.85. The van der Waals surface area contributed by atoms with E-state index in [1.54, 1.807) is 23.0 Å². The topological polar surface area (TPSA) is 96.5 Å². The Morgan fingerprint density at radius 2 is 1.90 bits per heavy atom. The zero-order valence-electron chi connectivity index (χ0n) is 17.4. The van der Waals surface area contributed by atoms with E-state index in [2.05, 4.69) is 9.84 Å². The molecule has 0 fully saturated rings. The summed E-state index contributed by atoms with van der Waals surface area (Å²) >= 11 is 0. The van der Waals surface area contributed by atoms with Gasteiger partial charge < -0.3 is 13.9 Å². The molecule has 8 heteroatoms. The minimum absolute atomic E-state index is 0.00720. The molecule has 0 saturated heterocycles. The Labute approximate surface area is 178 Å². The van der Waals surface area contributed by atoms with Crippen molar-refractivity contribution in [1.82, 2.24) is 14.8 Å². The van der Waals surface area contributed by atoms with E-state index in [9.17, 15) is 9.59 Å². The molecule has 0 N–H and O–H groups in total. The van der Waals surface area contributed by atoms with Crippen molar-refractivity contribution in [1.29, 1.82) is 0 Å². The van der Waals surface area contributed by atoms with Gasteiger partial charge in [-0.15, -0.1) is 0 Å². The third kappa shape index (κ3) is 3.92. The number of hydrogen-bond acceptors (Lipinski definition) is 7. The lowest BCUT2D eigenvalue weighted by Crippen LogP contribution is -2.10. The predicted molar refractivity (Wildman–Crippen MR) is 113 cm³/mol. The van der Waals surface area contributed by atoms with Crippen molar-refractivity contribution < 1.29 is 23.5 Å². The average Bonchev–Trinajstić information content (AvgIpc) is 3.43. The Kier molecular flexibility index (Phi) is 5.53. The molecule has 3 aromatic heterocycles. The number of rotatable bonds is 6. The normalized spacial score (nSPS) is 11.1. The number of hydrogen-bond donors (Lipinski definition) is 0. The Morgan fingerprint density at radius 1 is 1.13 bits per heavy atom. The quantitative estimate of drug-likeness (QED) is 0.427. The van der Waals surface area contributed by atoms with Gasteiger partial charge in [0.1, 0.15) is 6.61 Å². The summed E-state index contributed by atoms with van der Waals surface area (Å²) in [5.74, 6) is -1.18. The van der Waals surface area contributed by atoms with Gasteiger partial charge in [-0.05, 0) is 26.0 Å². The van der Waals surface area contributed by atoms with Crippen LogP contribution in [0.15, 0.2) is 59.3 Å². The number of esters is 2. The molecule has 4 rings (SSSR count). The lowest BCUT2D eigenvalue weighted by Gasteiger charge is -2.11. The lowest BCUT2D eigenvalue weighted by molar-refractivity contribution is 0.0455. The number of nitrogens with zero attached hydrogens (tertiary/aromatic N) is 3. The van der Waals surface area contributed by atoms with Crippen molar-refractivity contribution in [3.8, 4) is 11.3 Å². The molecule has 0 aliphatic carbocycles. The number of ether oxygens (including phenoxy) is 2. The summed E-state index contributed by atoms with van der Waals surface area (Å²) in [7, 11) is 1.26. The van der Waals surface area contributed by atoms with Crippen LogP contribution in [0.1, 0.15) is 46.4 Å². The monoisotopic (exact) mass is 419 g/mol. The Morgan fingerprint density at radius 3 is 2.61 bits per heavy atom. The van der Waals surface area contributed by atoms with E-state index in [0.717, 1.165) is 5.56 Å². The number of methoxy groups -OCH3 is 1. The zero-order chi connectivity index (χ0) is 22.0. The van der Waals surface area contributed by atoms with Crippen molar-refractivity contribution in [2.45, 2.75) is 26.5 Å². The van der Waals surface area contributed by atoms with Crippen LogP contribution in [0.3, 0.4) is 0 Å². The minimum Gasteiger partial charge on any atom is -0.463 e. The molecule has 4 aromatic rings. The second kappa shape index (κ2) is 8.43. The molecule has 0 bridgehead atoms. The van der Waals surface area contributed by atoms with E-state index in [-0.39, 0.29) is 18.4 Å². The SMILES string of the molecule is COC(=O)c1occc1COC(=O)c1cc(-c2ccccc2)nc2c1cnn2C(C)C. The molecular weight excluding hydrogens is 398 g/mol. The van der Waals surface area contributed by atoms with Crippen LogP contribution in [0.4, 0.5) is 0 Å². The second-order valence-corrected chi connectivity index (χ2v) is 7.18. The second-order valence-electron chi connectivity index (χ2n) is 7.18. The fraction of sp³-hybridized carbons (Fsp3) is 0.217. The van der Waals surface area contributed by atoms with Crippen LogP contribution in [-0.4, -0.2) is 33.8 Å². The number of carbonyl (C=O) groups excluding carboxylic acids is 2. The molecule has 0 amide bonds. The number of pyridine rings is 1. The van der Waals surface area contributed by atoms with E-state index in [0.29, 0.717) is 27.9 Å². The van der Waals surface area contributed by atoms with Gasteiger partial charge in [-0.1, -0.05) is 30.3 Å². The highest BCUT2D eigenvalue weighted by atomic mass is 16.5. The highest BCUT2D eigenvalue weighted by molar-refractivity contribution is 6.03. The first-order valence-corrected chi connectivity index (χ1v) is 9.75. The molecule has 0 atom stereocenters. The first-order chi connectivity index (χ1) is 15.0. The number of aromatic nitrogens is 3. The highest BCUT2D eigenvalue weighted by Crippen LogP contribution is 2.27. The number of benzene rings is 1. The zero-order valence-corrected chi connectivity index (χ0v) is 17.4. The summed E-state index contributed by atoms with van der Waals surface area (Å²) in [5.41, 5.74) is 2.88. The smallest absolute Gasteiger partial charge is 0.374 e. The first kappa shape index (κ1) is 20.3. The molecule has 8 nitrogen and oxygen atoms in total. The van der Waals surface area contributed by atoms with Crippen molar-refractivity contribution in [3.63, 3.8) is 0 Å². The van der Waals surface area contributed by atoms with E-state index in [1.165, 1.54) is 13.4 Å². The van der Waals surface area contributed by atoms with Crippen LogP contribution in [0.25, 0.3) is 22.3 Å². The molecule has 0 saturated carbocycles. The standard InChI is InChI=1S/C23H21N3O5/c1-14(2)26-21-18(12-24-26)17(11-19(25-21)15-7-5-4-6-8-15)22(27)31-13-16-9-10-30-20(16)23(28)29-3/h4-12,14H,13H2,1-3H3. The van der Waals surface area contributed by atoms with Crippen LogP contribution in [-0.2, 0) is 16.1 Å². The molecule has 0 aliphatic heterocycles. The van der Waals surface area contributed by atoms with Crippen molar-refractivity contribution >= 4 is 23.0 Å². The van der Waals surface area contributed by atoms with E-state index in [4.69, 9.17) is 14.1 Å². The third-order valence-corrected chi connectivity index (χ3v) is 4.82. The molecule has 0 radical (unpaired) electrons. The molecule has 31 heavy (non-hydrogen) atoms. The third-order valence-electron chi connectivity index (χ3n) is 4.82. The van der Waals surface area contributed by atoms with Gasteiger partial charge in [0.15, 0.2) is 5.65 Å². The maximum Gasteiger partial charge on any atom is 0.374 e. The van der Waals surface area contributed by atoms with Crippen molar-refractivity contribution in [3.05, 3.63) is 71.8 Å². The maximum atomic E-state index is 13.0. The highest BCUT2D eigenvalue weighted by Gasteiger charge is 2.21. The molecule has 1 aromatic carbocycles. The minimum atomic E-state index is -0.632. The van der Waals surface area contributed by atoms with Crippen molar-refractivity contribution in [2.24, 2.45) is 0 Å². The van der Waals surface area contributed by atoms with Gasteiger partial charge in [-0.25, -0.2) is 19.3 Å². The Bertz CT molecular complexity index is 1240. The molecule has 3 heterocycles. The van der Waals surface area contributed by atoms with Crippen LogP contribution >= 0.6 is 0 Å². The maximum absolute atomic E-state index is 13.0. The summed E-state index contributed by atoms with van der Waals surface area (Å²) in [5, 5.41) is 5.00. The van der Waals surface area contributed by atoms with Crippen LogP contribution < -0.4 is 0 Å². The fourth-order valence-corrected chi connectivity index (χ4v) is 3.26. The van der Waals surface area contributed by atoms with Crippen LogP contribution in [0, 0.1) is 0 Å². The molecule has 0 spiro atoms. The van der Waals surface area contributed by atoms with Gasteiger partial charge in [0.05, 0.1) is 36.2 Å². The van der Waals surface area contributed by atoms with Gasteiger partial charge in [-0.2, -0.15) is 5.10 Å². The van der Waals surface area contributed by atoms with E-state index < -0.39 is 11.9 Å². The van der Waals surface area contributed by atoms with E-state index in [1.807, 2.05) is 44.2 Å². The van der Waals surface area contributed by atoms with Gasteiger partial charge in [-0.3, -0.25) is 0 Å². The Hall–Kier alpha value is -3.94. The van der Waals surface area contributed by atoms with Crippen LogP contribution in [0.2, 0.25) is 0 Å². The predicted octanol–water partition coefficient (Wildman–Crippen LogP) is 4.42. The van der Waals surface area contributed by atoms with Gasteiger partial charge in [0, 0.05) is 17.2 Å². The summed E-state index contributed by atoms with van der Waals surface area (Å²) in [6, 6.07) is 12.9. The fourth-order valence-electron chi connectivity index (χ4n) is 3.26. The average molecular weight is 419 g/mol. The van der Waals surface area contributed by atoms with Crippen LogP contribution in [0.5, 0.6) is 0 Å². The first-order valence-electron chi connectivity index (χ1n) is 9.75. The Balaban J connectivity index is 1.71. The molecule has 0 aliphatic rings. The largest absolute Gasteiger partial charge is 0.463 e. The number of carbonyl (C=O) groups is 2. The number of fused-ring (bicyclic) bond motifs is 1. The van der Waals surface area contributed by atoms with E-state index >= 15 is 0 Å². The van der Waals surface area contributed by atoms with Gasteiger partial charge in [0.2, 0.25) is 5.76 Å². The molecule has 158 valence electrons. The summed E-state index contributed by atoms with van der Waals surface area (Å²) in [4.78, 5) is 29.6. The summed E-state index contributed by atoms with van der Waals surface area (Å²) < 4.78 is 17.1. The van der Waals surface area contributed by atoms with Gasteiger partial charge >= 0.3 is 11.9 Å². The van der Waals surface area contributed by atoms with Gasteiger partial charge in [0.25, 0.3) is 0 Å². The molecular formula is C23H21N3O5. The number of furan rings is 1. The summed E-state index contributed by atoms with van der Waals surface area (Å²) in [6.07, 6.45) is 2.96. The van der Waals surface area contributed by atoms with Crippen molar-refractivity contribution in [2.75, 3.05) is 7.11 Å².